The lowest BCUT2D eigenvalue weighted by molar-refractivity contribution is -0.136. The van der Waals surface area contributed by atoms with Crippen LogP contribution in [0.4, 0.5) is 4.39 Å². The monoisotopic (exact) mass is 429 g/mol. The van der Waals surface area contributed by atoms with Gasteiger partial charge in [-0.3, -0.25) is 9.69 Å². The van der Waals surface area contributed by atoms with Gasteiger partial charge >= 0.3 is 5.97 Å². The number of aliphatic carboxylic acids is 1. The van der Waals surface area contributed by atoms with Crippen LogP contribution in [0.3, 0.4) is 0 Å². The first kappa shape index (κ1) is 23.4. The van der Waals surface area contributed by atoms with Gasteiger partial charge < -0.3 is 14.9 Å². The van der Waals surface area contributed by atoms with Crippen molar-refractivity contribution in [1.29, 1.82) is 0 Å². The van der Waals surface area contributed by atoms with E-state index < -0.39 is 12.1 Å². The molecule has 0 amide bonds. The summed E-state index contributed by atoms with van der Waals surface area (Å²) in [4.78, 5) is 13.1. The van der Waals surface area contributed by atoms with E-state index in [1.807, 2.05) is 43.3 Å². The van der Waals surface area contributed by atoms with Crippen LogP contribution in [0.25, 0.3) is 0 Å². The number of rotatable bonds is 11. The highest BCUT2D eigenvalue weighted by Crippen LogP contribution is 2.25. The number of aryl methyl sites for hydroxylation is 2. The molecule has 2 aromatic rings. The molecule has 0 aromatic heterocycles. The molecule has 1 saturated heterocycles. The summed E-state index contributed by atoms with van der Waals surface area (Å²) in [5.41, 5.74) is 3.55. The molecule has 0 spiro atoms. The first-order chi connectivity index (χ1) is 14.8. The second-order valence-corrected chi connectivity index (χ2v) is 8.45. The van der Waals surface area contributed by atoms with E-state index in [1.165, 1.54) is 0 Å². The zero-order valence-electron chi connectivity index (χ0n) is 18.3. The van der Waals surface area contributed by atoms with E-state index in [-0.39, 0.29) is 24.9 Å². The standard InChI is InChI=1S/C25H32FNO4/c1-17-7-8-19(14-24(17)26)13-21-11-12-27(21)15-22(28)16-31-18(2)23-6-4-3-5-20(23)9-10-25(29)30/h3-8,14,18,21-22,28H,9-13,15-16H2,1-2H3,(H,29,30)/t18-,21+,22+/m1/s1. The van der Waals surface area contributed by atoms with E-state index in [0.717, 1.165) is 36.1 Å². The third kappa shape index (κ3) is 6.60. The fourth-order valence-corrected chi connectivity index (χ4v) is 4.07. The molecule has 1 fully saturated rings. The predicted octanol–water partition coefficient (Wildman–Crippen LogP) is 3.91. The Hall–Kier alpha value is -2.28. The summed E-state index contributed by atoms with van der Waals surface area (Å²) in [7, 11) is 0. The van der Waals surface area contributed by atoms with Crippen LogP contribution in [-0.2, 0) is 22.4 Å². The van der Waals surface area contributed by atoms with Crippen molar-refractivity contribution in [2.75, 3.05) is 19.7 Å². The summed E-state index contributed by atoms with van der Waals surface area (Å²) in [6.45, 7) is 5.33. The van der Waals surface area contributed by atoms with Crippen molar-refractivity contribution >= 4 is 5.97 Å². The Kier molecular flexibility index (Phi) is 8.18. The van der Waals surface area contributed by atoms with Crippen molar-refractivity contribution in [2.45, 2.75) is 57.8 Å². The normalized spacial score (nSPS) is 18.4. The van der Waals surface area contributed by atoms with Gasteiger partial charge in [-0.2, -0.15) is 0 Å². The van der Waals surface area contributed by atoms with Crippen LogP contribution in [0.15, 0.2) is 42.5 Å². The number of carboxylic acids is 1. The molecule has 0 bridgehead atoms. The molecule has 3 rings (SSSR count). The number of hydrogen-bond acceptors (Lipinski definition) is 4. The van der Waals surface area contributed by atoms with Crippen molar-refractivity contribution in [3.63, 3.8) is 0 Å². The summed E-state index contributed by atoms with van der Waals surface area (Å²) in [5.74, 6) is -0.995. The highest BCUT2D eigenvalue weighted by molar-refractivity contribution is 5.67. The minimum absolute atomic E-state index is 0.0770. The number of nitrogens with zero attached hydrogens (tertiary/aromatic N) is 1. The van der Waals surface area contributed by atoms with E-state index in [2.05, 4.69) is 4.90 Å². The summed E-state index contributed by atoms with van der Waals surface area (Å²) in [6.07, 6.45) is 1.49. The lowest BCUT2D eigenvalue weighted by Gasteiger charge is -2.42. The summed E-state index contributed by atoms with van der Waals surface area (Å²) in [5, 5.41) is 19.4. The molecular formula is C25H32FNO4. The van der Waals surface area contributed by atoms with Crippen molar-refractivity contribution in [1.82, 2.24) is 4.90 Å². The number of likely N-dealkylation sites (tertiary alicyclic amines) is 1. The van der Waals surface area contributed by atoms with E-state index >= 15 is 0 Å². The number of carbonyl (C=O) groups is 1. The van der Waals surface area contributed by atoms with Gasteiger partial charge in [-0.15, -0.1) is 0 Å². The van der Waals surface area contributed by atoms with Crippen LogP contribution < -0.4 is 0 Å². The molecule has 3 atom stereocenters. The van der Waals surface area contributed by atoms with Crippen molar-refractivity contribution in [3.8, 4) is 0 Å². The average molecular weight is 430 g/mol. The van der Waals surface area contributed by atoms with Crippen LogP contribution in [0.1, 0.15) is 48.1 Å². The van der Waals surface area contributed by atoms with E-state index in [0.29, 0.717) is 24.6 Å². The quantitative estimate of drug-likeness (QED) is 0.567. The zero-order valence-corrected chi connectivity index (χ0v) is 18.3. The predicted molar refractivity (Wildman–Crippen MR) is 118 cm³/mol. The molecule has 1 aliphatic rings. The number of aliphatic hydroxyl groups is 1. The summed E-state index contributed by atoms with van der Waals surface area (Å²) < 4.78 is 19.7. The van der Waals surface area contributed by atoms with Crippen molar-refractivity contribution < 1.29 is 24.1 Å². The second-order valence-electron chi connectivity index (χ2n) is 8.45. The van der Waals surface area contributed by atoms with E-state index in [1.54, 1.807) is 13.0 Å². The van der Waals surface area contributed by atoms with Gasteiger partial charge in [0.25, 0.3) is 0 Å². The first-order valence-electron chi connectivity index (χ1n) is 10.9. The number of hydrogen-bond donors (Lipinski definition) is 2. The van der Waals surface area contributed by atoms with E-state index in [4.69, 9.17) is 9.84 Å². The van der Waals surface area contributed by atoms with Crippen LogP contribution >= 0.6 is 0 Å². The molecular weight excluding hydrogens is 397 g/mol. The molecule has 0 aliphatic carbocycles. The molecule has 168 valence electrons. The molecule has 2 N–H and O–H groups in total. The number of benzene rings is 2. The topological polar surface area (TPSA) is 70.0 Å². The number of aliphatic hydroxyl groups excluding tert-OH is 1. The Morgan fingerprint density at radius 1 is 1.29 bits per heavy atom. The molecule has 0 unspecified atom stereocenters. The van der Waals surface area contributed by atoms with Gasteiger partial charge in [-0.25, -0.2) is 4.39 Å². The SMILES string of the molecule is Cc1ccc(C[C@@H]2CCN2C[C@H](O)CO[C@H](C)c2ccccc2CCC(=O)O)cc1F. The zero-order chi connectivity index (χ0) is 22.4. The molecule has 0 saturated carbocycles. The Morgan fingerprint density at radius 2 is 2.06 bits per heavy atom. The summed E-state index contributed by atoms with van der Waals surface area (Å²) >= 11 is 0. The average Bonchev–Trinajstić information content (AvgIpc) is 2.74. The Labute approximate surface area is 183 Å². The third-order valence-corrected chi connectivity index (χ3v) is 6.06. The maximum absolute atomic E-state index is 13.8. The minimum Gasteiger partial charge on any atom is -0.481 e. The second kappa shape index (κ2) is 10.8. The van der Waals surface area contributed by atoms with Gasteiger partial charge in [-0.1, -0.05) is 36.4 Å². The van der Waals surface area contributed by atoms with Gasteiger partial charge in [0.15, 0.2) is 0 Å². The first-order valence-corrected chi connectivity index (χ1v) is 10.9. The lowest BCUT2D eigenvalue weighted by atomic mass is 9.94. The minimum atomic E-state index is -0.823. The van der Waals surface area contributed by atoms with Crippen LogP contribution in [0.5, 0.6) is 0 Å². The van der Waals surface area contributed by atoms with Crippen molar-refractivity contribution in [3.05, 3.63) is 70.5 Å². The highest BCUT2D eigenvalue weighted by Gasteiger charge is 2.29. The van der Waals surface area contributed by atoms with Crippen molar-refractivity contribution in [2.24, 2.45) is 0 Å². The van der Waals surface area contributed by atoms with Gasteiger partial charge in [0.1, 0.15) is 5.82 Å². The maximum Gasteiger partial charge on any atom is 0.303 e. The number of β-amino-alcohol motifs (C(OH)–C–C–N with tert-alkyl or cyclic N) is 1. The number of carboxylic acid groups (broad SMARTS) is 1. The Balaban J connectivity index is 1.47. The molecule has 31 heavy (non-hydrogen) atoms. The molecule has 5 nitrogen and oxygen atoms in total. The summed E-state index contributed by atoms with van der Waals surface area (Å²) in [6, 6.07) is 13.4. The van der Waals surface area contributed by atoms with Gasteiger partial charge in [0.05, 0.1) is 18.8 Å². The fraction of sp³-hybridized carbons (Fsp3) is 0.480. The van der Waals surface area contributed by atoms with Crippen LogP contribution in [0, 0.1) is 12.7 Å². The molecule has 2 aromatic carbocycles. The van der Waals surface area contributed by atoms with Gasteiger partial charge in [-0.05, 0) is 61.4 Å². The van der Waals surface area contributed by atoms with Gasteiger partial charge in [0, 0.05) is 25.6 Å². The molecule has 1 aliphatic heterocycles. The van der Waals surface area contributed by atoms with Crippen LogP contribution in [0.2, 0.25) is 0 Å². The maximum atomic E-state index is 13.8. The molecule has 1 heterocycles. The van der Waals surface area contributed by atoms with E-state index in [9.17, 15) is 14.3 Å². The smallest absolute Gasteiger partial charge is 0.303 e. The third-order valence-electron chi connectivity index (χ3n) is 6.06. The largest absolute Gasteiger partial charge is 0.481 e. The Morgan fingerprint density at radius 3 is 2.74 bits per heavy atom. The highest BCUT2D eigenvalue weighted by atomic mass is 19.1. The Bertz CT molecular complexity index is 888. The molecule has 0 radical (unpaired) electrons. The fourth-order valence-electron chi connectivity index (χ4n) is 4.07. The number of ether oxygens (including phenoxy) is 1. The lowest BCUT2D eigenvalue weighted by Crippen LogP contribution is -2.52. The number of halogens is 1. The molecule has 6 heteroatoms. The van der Waals surface area contributed by atoms with Crippen LogP contribution in [-0.4, -0.2) is 52.9 Å². The van der Waals surface area contributed by atoms with Gasteiger partial charge in [0.2, 0.25) is 0 Å².